The first-order valence-electron chi connectivity index (χ1n) is 32.1. The molecular weight excluding hydrogens is 925 g/mol. The molecule has 0 aliphatic rings. The van der Waals surface area contributed by atoms with Gasteiger partial charge in [-0.15, -0.1) is 0 Å². The summed E-state index contributed by atoms with van der Waals surface area (Å²) in [5, 5.41) is 0. The summed E-state index contributed by atoms with van der Waals surface area (Å²) in [6, 6.07) is 0. The first-order chi connectivity index (χ1) is 37.0. The van der Waals surface area contributed by atoms with Crippen LogP contribution in [0.2, 0.25) is 0 Å². The minimum atomic E-state index is -0.781. The van der Waals surface area contributed by atoms with E-state index < -0.39 is 6.10 Å². The fraction of sp³-hybridized carbons (Fsp3) is 0.754. The predicted octanol–water partition coefficient (Wildman–Crippen LogP) is 21.9. The maximum atomic E-state index is 12.8. The molecule has 0 aromatic rings. The van der Waals surface area contributed by atoms with Crippen molar-refractivity contribution in [1.29, 1.82) is 0 Å². The van der Waals surface area contributed by atoms with Gasteiger partial charge in [0.25, 0.3) is 0 Å². The molecule has 0 saturated heterocycles. The molecule has 6 heteroatoms. The van der Waals surface area contributed by atoms with E-state index in [-0.39, 0.29) is 31.1 Å². The number of esters is 3. The highest BCUT2D eigenvalue weighted by Crippen LogP contribution is 2.16. The van der Waals surface area contributed by atoms with Gasteiger partial charge >= 0.3 is 17.9 Å². The lowest BCUT2D eigenvalue weighted by Crippen LogP contribution is -2.30. The Labute approximate surface area is 465 Å². The van der Waals surface area contributed by atoms with E-state index in [1.165, 1.54) is 167 Å². The zero-order valence-electron chi connectivity index (χ0n) is 49.6. The summed E-state index contributed by atoms with van der Waals surface area (Å²) in [5.74, 6) is -0.891. The molecule has 0 fully saturated rings. The summed E-state index contributed by atoms with van der Waals surface area (Å²) in [6.07, 6.45) is 83.4. The molecule has 0 bridgehead atoms. The van der Waals surface area contributed by atoms with Gasteiger partial charge < -0.3 is 14.2 Å². The number of rotatable bonds is 58. The summed E-state index contributed by atoms with van der Waals surface area (Å²) in [7, 11) is 0. The fourth-order valence-corrected chi connectivity index (χ4v) is 9.09. The SMILES string of the molecule is CC/C=C\C/C=C\C/C=C\C/C=C\CCCCCCCCC(=O)OC(COC(=O)CCCCCCCCC)COC(=O)CCCCCCCCCCCCCCCCCC/C=C\C/C=C\C/C=C\CCCCCCC. The van der Waals surface area contributed by atoms with Crippen LogP contribution >= 0.6 is 0 Å². The molecule has 0 aliphatic carbocycles. The molecular formula is C69H120O6. The Morgan fingerprint density at radius 3 is 0.813 bits per heavy atom. The van der Waals surface area contributed by atoms with Crippen LogP contribution in [0.3, 0.4) is 0 Å². The van der Waals surface area contributed by atoms with Crippen LogP contribution in [0.5, 0.6) is 0 Å². The molecule has 0 aliphatic heterocycles. The topological polar surface area (TPSA) is 78.9 Å². The molecule has 75 heavy (non-hydrogen) atoms. The Hall–Kier alpha value is -3.41. The quantitative estimate of drug-likeness (QED) is 0.0261. The van der Waals surface area contributed by atoms with Crippen molar-refractivity contribution in [3.8, 4) is 0 Å². The Morgan fingerprint density at radius 1 is 0.280 bits per heavy atom. The number of hydrogen-bond donors (Lipinski definition) is 0. The van der Waals surface area contributed by atoms with Crippen molar-refractivity contribution < 1.29 is 28.6 Å². The molecule has 0 spiro atoms. The second kappa shape index (κ2) is 63.1. The van der Waals surface area contributed by atoms with Gasteiger partial charge in [0.05, 0.1) is 0 Å². The van der Waals surface area contributed by atoms with Crippen LogP contribution in [0, 0.1) is 0 Å². The molecule has 0 radical (unpaired) electrons. The molecule has 0 heterocycles. The first-order valence-corrected chi connectivity index (χ1v) is 32.1. The lowest BCUT2D eigenvalue weighted by Gasteiger charge is -2.18. The second-order valence-electron chi connectivity index (χ2n) is 21.3. The third-order valence-electron chi connectivity index (χ3n) is 13.9. The van der Waals surface area contributed by atoms with Gasteiger partial charge in [-0.3, -0.25) is 14.4 Å². The standard InChI is InChI=1S/C69H120O6/c1-4-7-10-13-16-18-20-22-24-26-28-29-30-31-32-33-34-35-36-37-38-39-41-42-44-46-48-50-53-56-59-62-68(71)74-65-66(64-73-67(70)61-58-55-52-15-12-9-6-3)75-69(72)63-60-57-54-51-49-47-45-43-40-27-25-23-21-19-17-14-11-8-5-2/h8,11,17,19-20,22-23,25-26,28,30-31,40,43,66H,4-7,9-10,12-16,18,21,24,27,29,32-39,41-42,44-65H2,1-3H3/b11-8-,19-17-,22-20-,25-23-,28-26-,31-30-,43-40-. The summed E-state index contributed by atoms with van der Waals surface area (Å²) in [5.41, 5.74) is 0. The van der Waals surface area contributed by atoms with Crippen LogP contribution in [0.25, 0.3) is 0 Å². The summed E-state index contributed by atoms with van der Waals surface area (Å²) in [4.78, 5) is 38.0. The van der Waals surface area contributed by atoms with Crippen LogP contribution in [-0.2, 0) is 28.6 Å². The Balaban J connectivity index is 4.08. The Morgan fingerprint density at radius 2 is 0.520 bits per heavy atom. The molecule has 432 valence electrons. The van der Waals surface area contributed by atoms with Gasteiger partial charge in [-0.1, -0.05) is 286 Å². The number of unbranched alkanes of at least 4 members (excludes halogenated alkanes) is 33. The van der Waals surface area contributed by atoms with Crippen molar-refractivity contribution >= 4 is 17.9 Å². The van der Waals surface area contributed by atoms with E-state index in [0.717, 1.165) is 109 Å². The van der Waals surface area contributed by atoms with Gasteiger partial charge in [0.1, 0.15) is 13.2 Å². The van der Waals surface area contributed by atoms with Crippen LogP contribution in [0.15, 0.2) is 85.1 Å². The Kier molecular flexibility index (Phi) is 60.3. The molecule has 6 nitrogen and oxygen atoms in total. The van der Waals surface area contributed by atoms with E-state index in [2.05, 4.69) is 106 Å². The third-order valence-corrected chi connectivity index (χ3v) is 13.9. The van der Waals surface area contributed by atoms with Crippen LogP contribution in [-0.4, -0.2) is 37.2 Å². The van der Waals surface area contributed by atoms with Gasteiger partial charge in [0.2, 0.25) is 0 Å². The van der Waals surface area contributed by atoms with E-state index in [1.807, 2.05) is 0 Å². The maximum absolute atomic E-state index is 12.8. The van der Waals surface area contributed by atoms with E-state index in [0.29, 0.717) is 19.3 Å². The molecule has 0 amide bonds. The maximum Gasteiger partial charge on any atom is 0.306 e. The summed E-state index contributed by atoms with van der Waals surface area (Å²) < 4.78 is 16.8. The third kappa shape index (κ3) is 61.3. The summed E-state index contributed by atoms with van der Waals surface area (Å²) in [6.45, 7) is 6.48. The average Bonchev–Trinajstić information content (AvgIpc) is 3.41. The predicted molar refractivity (Wildman–Crippen MR) is 325 cm³/mol. The molecule has 0 rings (SSSR count). The van der Waals surface area contributed by atoms with E-state index in [4.69, 9.17) is 14.2 Å². The number of ether oxygens (including phenoxy) is 3. The van der Waals surface area contributed by atoms with Crippen LogP contribution in [0.4, 0.5) is 0 Å². The average molecular weight is 1050 g/mol. The molecule has 1 atom stereocenters. The molecule has 0 N–H and O–H groups in total. The van der Waals surface area contributed by atoms with Crippen molar-refractivity contribution in [3.05, 3.63) is 85.1 Å². The van der Waals surface area contributed by atoms with E-state index >= 15 is 0 Å². The number of carbonyl (C=O) groups excluding carboxylic acids is 3. The smallest absolute Gasteiger partial charge is 0.306 e. The highest BCUT2D eigenvalue weighted by atomic mass is 16.6. The van der Waals surface area contributed by atoms with Crippen molar-refractivity contribution in [2.45, 2.75) is 322 Å². The van der Waals surface area contributed by atoms with Gasteiger partial charge in [0.15, 0.2) is 6.10 Å². The van der Waals surface area contributed by atoms with E-state index in [1.54, 1.807) is 0 Å². The van der Waals surface area contributed by atoms with E-state index in [9.17, 15) is 14.4 Å². The molecule has 1 unspecified atom stereocenters. The molecule has 0 saturated carbocycles. The van der Waals surface area contributed by atoms with Gasteiger partial charge in [0, 0.05) is 19.3 Å². The lowest BCUT2D eigenvalue weighted by atomic mass is 10.0. The first kappa shape index (κ1) is 71.6. The van der Waals surface area contributed by atoms with Gasteiger partial charge in [-0.05, 0) is 96.3 Å². The lowest BCUT2D eigenvalue weighted by molar-refractivity contribution is -0.167. The minimum Gasteiger partial charge on any atom is -0.462 e. The highest BCUT2D eigenvalue weighted by Gasteiger charge is 2.19. The number of hydrogen-bond acceptors (Lipinski definition) is 6. The largest absolute Gasteiger partial charge is 0.462 e. The zero-order valence-corrected chi connectivity index (χ0v) is 49.6. The van der Waals surface area contributed by atoms with Crippen molar-refractivity contribution in [2.75, 3.05) is 13.2 Å². The Bertz CT molecular complexity index is 1430. The van der Waals surface area contributed by atoms with Gasteiger partial charge in [-0.25, -0.2) is 0 Å². The normalized spacial score (nSPS) is 12.6. The van der Waals surface area contributed by atoms with Crippen LogP contribution < -0.4 is 0 Å². The summed E-state index contributed by atoms with van der Waals surface area (Å²) >= 11 is 0. The minimum absolute atomic E-state index is 0.0800. The number of carbonyl (C=O) groups is 3. The van der Waals surface area contributed by atoms with Gasteiger partial charge in [-0.2, -0.15) is 0 Å². The molecule has 0 aromatic carbocycles. The zero-order chi connectivity index (χ0) is 54.3. The van der Waals surface area contributed by atoms with Crippen molar-refractivity contribution in [3.63, 3.8) is 0 Å². The van der Waals surface area contributed by atoms with Crippen molar-refractivity contribution in [1.82, 2.24) is 0 Å². The van der Waals surface area contributed by atoms with Crippen molar-refractivity contribution in [2.24, 2.45) is 0 Å². The molecule has 0 aromatic heterocycles. The second-order valence-corrected chi connectivity index (χ2v) is 21.3. The van der Waals surface area contributed by atoms with Crippen LogP contribution in [0.1, 0.15) is 316 Å². The highest BCUT2D eigenvalue weighted by molar-refractivity contribution is 5.71. The monoisotopic (exact) mass is 1040 g/mol. The fourth-order valence-electron chi connectivity index (χ4n) is 9.09. The number of allylic oxidation sites excluding steroid dienone is 14.